The van der Waals surface area contributed by atoms with Gasteiger partial charge in [0.2, 0.25) is 0 Å². The van der Waals surface area contributed by atoms with E-state index >= 15 is 0 Å². The number of benzene rings is 2. The number of nitrogens with zero attached hydrogens (tertiary/aromatic N) is 1. The first-order chi connectivity index (χ1) is 15.7. The third kappa shape index (κ3) is 4.28. The van der Waals surface area contributed by atoms with Gasteiger partial charge in [-0.25, -0.2) is 0 Å². The zero-order chi connectivity index (χ0) is 22.0. The molecule has 5 heteroatoms. The number of likely N-dealkylation sites (tertiary alicyclic amines) is 1. The second-order valence-electron chi connectivity index (χ2n) is 9.26. The minimum atomic E-state index is -0.234. The van der Waals surface area contributed by atoms with Gasteiger partial charge in [-0.3, -0.25) is 4.79 Å². The van der Waals surface area contributed by atoms with Crippen LogP contribution in [-0.2, 0) is 15.9 Å². The molecule has 0 bridgehead atoms. The summed E-state index contributed by atoms with van der Waals surface area (Å²) < 4.78 is 18.7. The van der Waals surface area contributed by atoms with Gasteiger partial charge >= 0.3 is 0 Å². The van der Waals surface area contributed by atoms with Crippen LogP contribution in [0.15, 0.2) is 48.5 Å². The van der Waals surface area contributed by atoms with Crippen molar-refractivity contribution in [2.75, 3.05) is 26.3 Å². The van der Waals surface area contributed by atoms with E-state index in [1.165, 1.54) is 5.56 Å². The van der Waals surface area contributed by atoms with Gasteiger partial charge in [0.1, 0.15) is 5.75 Å². The molecular formula is C27H33NO4. The summed E-state index contributed by atoms with van der Waals surface area (Å²) >= 11 is 0. The van der Waals surface area contributed by atoms with Crippen LogP contribution in [0.3, 0.4) is 0 Å². The van der Waals surface area contributed by atoms with Crippen LogP contribution in [-0.4, -0.2) is 48.8 Å². The van der Waals surface area contributed by atoms with Gasteiger partial charge in [-0.1, -0.05) is 42.5 Å². The summed E-state index contributed by atoms with van der Waals surface area (Å²) in [4.78, 5) is 15.4. The number of fused-ring (bicyclic) bond motifs is 1. The molecule has 3 aliphatic rings. The predicted molar refractivity (Wildman–Crippen MR) is 123 cm³/mol. The molecule has 2 aromatic carbocycles. The van der Waals surface area contributed by atoms with Crippen molar-refractivity contribution in [3.63, 3.8) is 0 Å². The number of aryl methyl sites for hydroxylation is 1. The van der Waals surface area contributed by atoms with Gasteiger partial charge in [-0.15, -0.1) is 0 Å². The van der Waals surface area contributed by atoms with Crippen molar-refractivity contribution in [2.24, 2.45) is 0 Å². The van der Waals surface area contributed by atoms with Crippen molar-refractivity contribution in [3.8, 4) is 5.75 Å². The minimum Gasteiger partial charge on any atom is -0.492 e. The molecule has 0 saturated carbocycles. The van der Waals surface area contributed by atoms with E-state index in [0.717, 1.165) is 49.8 Å². The SMILES string of the molecule is CCO[C@@H]1C[C@H](c2ccccc2)OC2(CCN(C(=O)c3cccc4c3OCCC4)CC2)C1. The molecular weight excluding hydrogens is 402 g/mol. The summed E-state index contributed by atoms with van der Waals surface area (Å²) in [5.74, 6) is 0.869. The molecule has 0 radical (unpaired) electrons. The highest BCUT2D eigenvalue weighted by atomic mass is 16.5. The molecule has 5 rings (SSSR count). The number of hydrogen-bond donors (Lipinski definition) is 0. The molecule has 2 fully saturated rings. The van der Waals surface area contributed by atoms with E-state index in [1.807, 2.05) is 23.1 Å². The van der Waals surface area contributed by atoms with E-state index in [2.05, 4.69) is 37.3 Å². The molecule has 1 amide bonds. The molecule has 0 aromatic heterocycles. The Bertz CT molecular complexity index is 936. The van der Waals surface area contributed by atoms with E-state index in [0.29, 0.717) is 31.9 Å². The van der Waals surface area contributed by atoms with Crippen LogP contribution in [0.25, 0.3) is 0 Å². The maximum Gasteiger partial charge on any atom is 0.257 e. The van der Waals surface area contributed by atoms with Gasteiger partial charge in [-0.2, -0.15) is 0 Å². The van der Waals surface area contributed by atoms with Crippen LogP contribution in [0, 0.1) is 0 Å². The number of amides is 1. The second-order valence-corrected chi connectivity index (χ2v) is 9.26. The molecule has 5 nitrogen and oxygen atoms in total. The number of ether oxygens (including phenoxy) is 3. The van der Waals surface area contributed by atoms with E-state index in [4.69, 9.17) is 14.2 Å². The first-order valence-corrected chi connectivity index (χ1v) is 12.1. The predicted octanol–water partition coefficient (Wildman–Crippen LogP) is 4.94. The van der Waals surface area contributed by atoms with Crippen LogP contribution in [0.1, 0.15) is 66.6 Å². The van der Waals surface area contributed by atoms with Gasteiger partial charge < -0.3 is 19.1 Å². The summed E-state index contributed by atoms with van der Waals surface area (Å²) in [6.45, 7) is 4.86. The third-order valence-corrected chi connectivity index (χ3v) is 7.17. The molecule has 2 aromatic rings. The van der Waals surface area contributed by atoms with Crippen molar-refractivity contribution >= 4 is 5.91 Å². The molecule has 1 spiro atoms. The van der Waals surface area contributed by atoms with Crippen molar-refractivity contribution in [1.29, 1.82) is 0 Å². The summed E-state index contributed by atoms with van der Waals surface area (Å²) in [7, 11) is 0. The fraction of sp³-hybridized carbons (Fsp3) is 0.519. The number of hydrogen-bond acceptors (Lipinski definition) is 4. The summed E-state index contributed by atoms with van der Waals surface area (Å²) in [5.41, 5.74) is 2.83. The monoisotopic (exact) mass is 435 g/mol. The maximum absolute atomic E-state index is 13.4. The summed E-state index contributed by atoms with van der Waals surface area (Å²) in [6, 6.07) is 16.4. The fourth-order valence-electron chi connectivity index (χ4n) is 5.54. The Hall–Kier alpha value is -2.37. The van der Waals surface area contributed by atoms with Crippen molar-refractivity contribution in [2.45, 2.75) is 63.3 Å². The Morgan fingerprint density at radius 1 is 1.12 bits per heavy atom. The standard InChI is InChI=1S/C27H33NO4/c1-2-30-22-18-24(20-8-4-3-5-9-20)32-27(19-22)13-15-28(16-14-27)26(29)23-12-6-10-21-11-7-17-31-25(21)23/h3-6,8-10,12,22,24H,2,7,11,13-19H2,1H3/t22-,24-/m1/s1. The lowest BCUT2D eigenvalue weighted by Gasteiger charge is -2.49. The highest BCUT2D eigenvalue weighted by Gasteiger charge is 2.45. The lowest BCUT2D eigenvalue weighted by molar-refractivity contribution is -0.190. The van der Waals surface area contributed by atoms with E-state index < -0.39 is 0 Å². The summed E-state index contributed by atoms with van der Waals surface area (Å²) in [5, 5.41) is 0. The van der Waals surface area contributed by atoms with Crippen molar-refractivity contribution in [3.05, 3.63) is 65.2 Å². The Morgan fingerprint density at radius 3 is 2.72 bits per heavy atom. The number of piperidine rings is 1. The van der Waals surface area contributed by atoms with Gasteiger partial charge in [0.05, 0.1) is 30.0 Å². The molecule has 3 aliphatic heterocycles. The Kier molecular flexibility index (Phi) is 6.20. The van der Waals surface area contributed by atoms with Crippen LogP contribution >= 0.6 is 0 Å². The average Bonchev–Trinajstić information content (AvgIpc) is 2.84. The normalized spacial score (nSPS) is 24.6. The number of carbonyl (C=O) groups is 1. The van der Waals surface area contributed by atoms with Crippen LogP contribution in [0.4, 0.5) is 0 Å². The Morgan fingerprint density at radius 2 is 1.94 bits per heavy atom. The molecule has 0 N–H and O–H groups in total. The van der Waals surface area contributed by atoms with Crippen LogP contribution in [0.5, 0.6) is 5.75 Å². The van der Waals surface area contributed by atoms with Crippen LogP contribution < -0.4 is 4.74 Å². The number of para-hydroxylation sites is 1. The maximum atomic E-state index is 13.4. The minimum absolute atomic E-state index is 0.0401. The second kappa shape index (κ2) is 9.24. The highest BCUT2D eigenvalue weighted by Crippen LogP contribution is 2.44. The number of rotatable bonds is 4. The van der Waals surface area contributed by atoms with Gasteiger partial charge in [0, 0.05) is 32.5 Å². The molecule has 0 aliphatic carbocycles. The first kappa shape index (κ1) is 21.5. The lowest BCUT2D eigenvalue weighted by atomic mass is 9.80. The topological polar surface area (TPSA) is 48.0 Å². The molecule has 170 valence electrons. The zero-order valence-corrected chi connectivity index (χ0v) is 18.9. The Balaban J connectivity index is 1.31. The largest absolute Gasteiger partial charge is 0.492 e. The molecule has 32 heavy (non-hydrogen) atoms. The molecule has 2 atom stereocenters. The van der Waals surface area contributed by atoms with Gasteiger partial charge in [0.15, 0.2) is 0 Å². The molecule has 3 heterocycles. The highest BCUT2D eigenvalue weighted by molar-refractivity contribution is 5.97. The smallest absolute Gasteiger partial charge is 0.257 e. The van der Waals surface area contributed by atoms with Crippen molar-refractivity contribution in [1.82, 2.24) is 4.90 Å². The van der Waals surface area contributed by atoms with E-state index in [1.54, 1.807) is 0 Å². The fourth-order valence-corrected chi connectivity index (χ4v) is 5.54. The number of carbonyl (C=O) groups excluding carboxylic acids is 1. The van der Waals surface area contributed by atoms with E-state index in [9.17, 15) is 4.79 Å². The quantitative estimate of drug-likeness (QED) is 0.682. The van der Waals surface area contributed by atoms with Gasteiger partial charge in [0.25, 0.3) is 5.91 Å². The Labute approximate surface area is 190 Å². The average molecular weight is 436 g/mol. The molecule has 2 saturated heterocycles. The van der Waals surface area contributed by atoms with Gasteiger partial charge in [-0.05, 0) is 49.8 Å². The summed E-state index contributed by atoms with van der Waals surface area (Å²) in [6.07, 6.45) is 5.67. The first-order valence-electron chi connectivity index (χ1n) is 12.1. The third-order valence-electron chi connectivity index (χ3n) is 7.17. The van der Waals surface area contributed by atoms with Crippen molar-refractivity contribution < 1.29 is 19.0 Å². The molecule has 0 unspecified atom stereocenters. The van der Waals surface area contributed by atoms with E-state index in [-0.39, 0.29) is 23.7 Å². The lowest BCUT2D eigenvalue weighted by Crippen LogP contribution is -2.52. The zero-order valence-electron chi connectivity index (χ0n) is 18.9. The van der Waals surface area contributed by atoms with Crippen LogP contribution in [0.2, 0.25) is 0 Å².